The molecule has 146 valence electrons. The van der Waals surface area contributed by atoms with Crippen molar-refractivity contribution in [3.05, 3.63) is 60.2 Å². The van der Waals surface area contributed by atoms with Gasteiger partial charge in [-0.15, -0.1) is 10.2 Å². The molecule has 1 amide bonds. The molecule has 3 rings (SSSR count). The zero-order valence-electron chi connectivity index (χ0n) is 15.5. The molecule has 0 atom stereocenters. The largest absolute Gasteiger partial charge is 0.325 e. The highest BCUT2D eigenvalue weighted by Crippen LogP contribution is 2.27. The second-order valence-corrected chi connectivity index (χ2v) is 7.58. The molecule has 0 aliphatic carbocycles. The van der Waals surface area contributed by atoms with Crippen molar-refractivity contribution in [3.8, 4) is 11.4 Å². The van der Waals surface area contributed by atoms with Gasteiger partial charge in [-0.1, -0.05) is 37.7 Å². The van der Waals surface area contributed by atoms with E-state index < -0.39 is 0 Å². The van der Waals surface area contributed by atoms with Crippen LogP contribution >= 0.6 is 11.8 Å². The average molecular weight is 402 g/mol. The smallest absolute Gasteiger partial charge is 0.234 e. The number of hydrogen-bond donors (Lipinski definition) is 1. The van der Waals surface area contributed by atoms with E-state index in [0.717, 1.165) is 0 Å². The molecule has 28 heavy (non-hydrogen) atoms. The summed E-state index contributed by atoms with van der Waals surface area (Å²) in [5, 5.41) is 11.6. The monoisotopic (exact) mass is 402 g/mol. The molecule has 1 N–H and O–H groups in total. The van der Waals surface area contributed by atoms with E-state index in [4.69, 9.17) is 0 Å². The van der Waals surface area contributed by atoms with E-state index in [-0.39, 0.29) is 29.2 Å². The number of nitrogens with one attached hydrogen (secondary N) is 1. The summed E-state index contributed by atoms with van der Waals surface area (Å²) in [4.78, 5) is 12.2. The van der Waals surface area contributed by atoms with Crippen molar-refractivity contribution in [3.63, 3.8) is 0 Å². The van der Waals surface area contributed by atoms with Crippen LogP contribution in [0.15, 0.2) is 53.7 Å². The summed E-state index contributed by atoms with van der Waals surface area (Å²) >= 11 is 1.22. The highest BCUT2D eigenvalue weighted by Gasteiger charge is 2.18. The van der Waals surface area contributed by atoms with Gasteiger partial charge in [-0.2, -0.15) is 0 Å². The SMILES string of the molecule is CC(C)Cn1c(SCC(=O)Nc2ccc(F)cc2)nnc1-c1ccccc1F. The number of nitrogens with zero attached hydrogens (tertiary/aromatic N) is 3. The molecule has 1 heterocycles. The van der Waals surface area contributed by atoms with Gasteiger partial charge in [-0.05, 0) is 42.3 Å². The Hall–Kier alpha value is -2.74. The quantitative estimate of drug-likeness (QED) is 0.587. The highest BCUT2D eigenvalue weighted by molar-refractivity contribution is 7.99. The van der Waals surface area contributed by atoms with Gasteiger partial charge < -0.3 is 9.88 Å². The van der Waals surface area contributed by atoms with Gasteiger partial charge >= 0.3 is 0 Å². The van der Waals surface area contributed by atoms with Crippen molar-refractivity contribution < 1.29 is 13.6 Å². The summed E-state index contributed by atoms with van der Waals surface area (Å²) < 4.78 is 29.0. The zero-order chi connectivity index (χ0) is 20.1. The van der Waals surface area contributed by atoms with Crippen LogP contribution in [0.3, 0.4) is 0 Å². The van der Waals surface area contributed by atoms with E-state index in [2.05, 4.69) is 15.5 Å². The van der Waals surface area contributed by atoms with Gasteiger partial charge in [0, 0.05) is 12.2 Å². The van der Waals surface area contributed by atoms with Gasteiger partial charge in [-0.3, -0.25) is 4.79 Å². The molecule has 0 saturated carbocycles. The van der Waals surface area contributed by atoms with Crippen LogP contribution in [0.4, 0.5) is 14.5 Å². The third kappa shape index (κ3) is 4.95. The van der Waals surface area contributed by atoms with Gasteiger partial charge in [0.2, 0.25) is 5.91 Å². The Morgan fingerprint density at radius 1 is 1.11 bits per heavy atom. The average Bonchev–Trinajstić information content (AvgIpc) is 3.04. The first kappa shape index (κ1) is 20.0. The Bertz CT molecular complexity index is 957. The number of halogens is 2. The molecule has 2 aromatic carbocycles. The van der Waals surface area contributed by atoms with Crippen LogP contribution in [0.5, 0.6) is 0 Å². The Kier molecular flexibility index (Phi) is 6.41. The summed E-state index contributed by atoms with van der Waals surface area (Å²) in [6.45, 7) is 4.68. The van der Waals surface area contributed by atoms with Crippen LogP contribution in [0.25, 0.3) is 11.4 Å². The van der Waals surface area contributed by atoms with E-state index in [9.17, 15) is 13.6 Å². The first-order valence-electron chi connectivity index (χ1n) is 8.80. The minimum atomic E-state index is -0.370. The lowest BCUT2D eigenvalue weighted by Crippen LogP contribution is -2.15. The maximum Gasteiger partial charge on any atom is 0.234 e. The molecule has 0 unspecified atom stereocenters. The first-order chi connectivity index (χ1) is 13.4. The van der Waals surface area contributed by atoms with Crippen molar-refractivity contribution in [1.82, 2.24) is 14.8 Å². The van der Waals surface area contributed by atoms with Gasteiger partial charge in [0.05, 0.1) is 11.3 Å². The summed E-state index contributed by atoms with van der Waals surface area (Å²) in [5.74, 6) is -0.157. The lowest BCUT2D eigenvalue weighted by atomic mass is 10.2. The van der Waals surface area contributed by atoms with Crippen LogP contribution in [-0.2, 0) is 11.3 Å². The van der Waals surface area contributed by atoms with E-state index in [0.29, 0.717) is 28.8 Å². The molecular formula is C20H20F2N4OS. The normalized spacial score (nSPS) is 11.0. The minimum absolute atomic E-state index is 0.102. The number of hydrogen-bond acceptors (Lipinski definition) is 4. The van der Waals surface area contributed by atoms with Crippen LogP contribution in [0, 0.1) is 17.6 Å². The van der Waals surface area contributed by atoms with E-state index in [1.165, 1.54) is 42.1 Å². The maximum absolute atomic E-state index is 14.2. The number of thioether (sulfide) groups is 1. The highest BCUT2D eigenvalue weighted by atomic mass is 32.2. The number of carbonyl (C=O) groups is 1. The molecule has 0 aliphatic rings. The van der Waals surface area contributed by atoms with Gasteiger partial charge in [0.15, 0.2) is 11.0 Å². The Morgan fingerprint density at radius 2 is 1.82 bits per heavy atom. The van der Waals surface area contributed by atoms with E-state index >= 15 is 0 Å². The summed E-state index contributed by atoms with van der Waals surface area (Å²) in [5.41, 5.74) is 0.890. The Labute approximate surface area is 166 Å². The fraction of sp³-hybridized carbons (Fsp3) is 0.250. The van der Waals surface area contributed by atoms with Crippen molar-refractivity contribution in [2.75, 3.05) is 11.1 Å². The van der Waals surface area contributed by atoms with Crippen LogP contribution in [-0.4, -0.2) is 26.4 Å². The van der Waals surface area contributed by atoms with Gasteiger partial charge in [0.1, 0.15) is 11.6 Å². The Balaban J connectivity index is 1.75. The summed E-state index contributed by atoms with van der Waals surface area (Å²) in [6.07, 6.45) is 0. The number of aromatic nitrogens is 3. The van der Waals surface area contributed by atoms with Crippen LogP contribution in [0.1, 0.15) is 13.8 Å². The number of rotatable bonds is 7. The molecule has 0 fully saturated rings. The molecule has 1 aromatic heterocycles. The van der Waals surface area contributed by atoms with Crippen molar-refractivity contribution in [2.24, 2.45) is 5.92 Å². The molecule has 3 aromatic rings. The summed E-state index contributed by atoms with van der Waals surface area (Å²) in [6, 6.07) is 12.0. The third-order valence-corrected chi connectivity index (χ3v) is 4.81. The second-order valence-electron chi connectivity index (χ2n) is 6.63. The molecule has 5 nitrogen and oxygen atoms in total. The lowest BCUT2D eigenvalue weighted by molar-refractivity contribution is -0.113. The fourth-order valence-corrected chi connectivity index (χ4v) is 3.38. The summed E-state index contributed by atoms with van der Waals surface area (Å²) in [7, 11) is 0. The van der Waals surface area contributed by atoms with Crippen molar-refractivity contribution in [2.45, 2.75) is 25.5 Å². The van der Waals surface area contributed by atoms with Gasteiger partial charge in [0.25, 0.3) is 0 Å². The molecule has 8 heteroatoms. The predicted molar refractivity (Wildman–Crippen MR) is 106 cm³/mol. The molecule has 0 saturated heterocycles. The van der Waals surface area contributed by atoms with Crippen molar-refractivity contribution in [1.29, 1.82) is 0 Å². The standard InChI is InChI=1S/C20H20F2N4OS/c1-13(2)11-26-19(16-5-3-4-6-17(16)22)24-25-20(26)28-12-18(27)23-15-9-7-14(21)8-10-15/h3-10,13H,11-12H2,1-2H3,(H,23,27). The lowest BCUT2D eigenvalue weighted by Gasteiger charge is -2.13. The van der Waals surface area contributed by atoms with Crippen LogP contribution < -0.4 is 5.32 Å². The molecule has 0 aliphatic heterocycles. The topological polar surface area (TPSA) is 59.8 Å². The fourth-order valence-electron chi connectivity index (χ4n) is 2.63. The number of amides is 1. The third-order valence-electron chi connectivity index (χ3n) is 3.84. The van der Waals surface area contributed by atoms with E-state index in [1.807, 2.05) is 18.4 Å². The second kappa shape index (κ2) is 8.97. The van der Waals surface area contributed by atoms with E-state index in [1.54, 1.807) is 18.2 Å². The van der Waals surface area contributed by atoms with Gasteiger partial charge in [-0.25, -0.2) is 8.78 Å². The molecular weight excluding hydrogens is 382 g/mol. The maximum atomic E-state index is 14.2. The first-order valence-corrected chi connectivity index (χ1v) is 9.79. The predicted octanol–water partition coefficient (Wildman–Crippen LogP) is 4.61. The zero-order valence-corrected chi connectivity index (χ0v) is 16.3. The van der Waals surface area contributed by atoms with Crippen molar-refractivity contribution >= 4 is 23.4 Å². The molecule has 0 spiro atoms. The van der Waals surface area contributed by atoms with Crippen LogP contribution in [0.2, 0.25) is 0 Å². The minimum Gasteiger partial charge on any atom is -0.325 e. The Morgan fingerprint density at radius 3 is 2.50 bits per heavy atom. The molecule has 0 bridgehead atoms. The number of anilines is 1. The number of carbonyl (C=O) groups excluding carboxylic acids is 1. The molecule has 0 radical (unpaired) electrons. The number of benzene rings is 2.